The molecule has 6 heteroatoms. The second-order valence-electron chi connectivity index (χ2n) is 8.49. The highest BCUT2D eigenvalue weighted by Gasteiger charge is 2.41. The molecule has 2 aliphatic carbocycles. The van der Waals surface area contributed by atoms with Gasteiger partial charge in [-0.25, -0.2) is 4.39 Å². The van der Waals surface area contributed by atoms with Crippen LogP contribution in [0.4, 0.5) is 4.39 Å². The standard InChI is InChI=1S/C26H23ClFNO3/c27-16-9-12-23(32-14-15-7-10-17(28)11-8-15)18(13-16)24-25-19(3-1-5-21(25)30)29-20-4-2-6-22(31)26(20)24/h7-13,24,29H,1-6,14H2. The maximum atomic E-state index is 13.3. The number of ketones is 2. The van der Waals surface area contributed by atoms with Crippen molar-refractivity contribution in [2.24, 2.45) is 0 Å². The fourth-order valence-corrected chi connectivity index (χ4v) is 5.09. The van der Waals surface area contributed by atoms with E-state index in [-0.39, 0.29) is 24.0 Å². The van der Waals surface area contributed by atoms with Crippen molar-refractivity contribution >= 4 is 23.2 Å². The minimum atomic E-state index is -0.483. The molecule has 1 heterocycles. The number of hydrogen-bond donors (Lipinski definition) is 1. The minimum Gasteiger partial charge on any atom is -0.489 e. The summed E-state index contributed by atoms with van der Waals surface area (Å²) < 4.78 is 19.4. The lowest BCUT2D eigenvalue weighted by molar-refractivity contribution is -0.116. The number of halogens is 2. The third-order valence-electron chi connectivity index (χ3n) is 6.38. The molecule has 2 aromatic rings. The molecule has 0 bridgehead atoms. The number of dihydropyridines is 1. The Balaban J connectivity index is 1.59. The zero-order valence-electron chi connectivity index (χ0n) is 17.5. The Morgan fingerprint density at radius 2 is 1.53 bits per heavy atom. The second kappa shape index (κ2) is 8.55. The van der Waals surface area contributed by atoms with Gasteiger partial charge in [-0.2, -0.15) is 0 Å². The molecule has 0 atom stereocenters. The smallest absolute Gasteiger partial charge is 0.161 e. The summed E-state index contributed by atoms with van der Waals surface area (Å²) in [7, 11) is 0. The van der Waals surface area contributed by atoms with Crippen molar-refractivity contribution in [1.29, 1.82) is 0 Å². The summed E-state index contributed by atoms with van der Waals surface area (Å²) in [5.41, 5.74) is 4.72. The Hall–Kier alpha value is -2.92. The first-order valence-corrected chi connectivity index (χ1v) is 11.4. The van der Waals surface area contributed by atoms with E-state index in [0.29, 0.717) is 34.8 Å². The van der Waals surface area contributed by atoms with Crippen LogP contribution in [0.2, 0.25) is 5.02 Å². The van der Waals surface area contributed by atoms with E-state index in [2.05, 4.69) is 5.32 Å². The Morgan fingerprint density at radius 1 is 0.906 bits per heavy atom. The predicted molar refractivity (Wildman–Crippen MR) is 120 cm³/mol. The van der Waals surface area contributed by atoms with Crippen LogP contribution in [0.1, 0.15) is 55.6 Å². The van der Waals surface area contributed by atoms with Gasteiger partial charge in [0.2, 0.25) is 0 Å². The van der Waals surface area contributed by atoms with Crippen LogP contribution in [0.25, 0.3) is 0 Å². The Morgan fingerprint density at radius 3 is 2.16 bits per heavy atom. The third-order valence-corrected chi connectivity index (χ3v) is 6.62. The van der Waals surface area contributed by atoms with Crippen LogP contribution in [-0.2, 0) is 16.2 Å². The molecular weight excluding hydrogens is 429 g/mol. The van der Waals surface area contributed by atoms with Gasteiger partial charge in [0, 0.05) is 51.9 Å². The molecule has 5 rings (SSSR count). The molecule has 1 N–H and O–H groups in total. The Labute approximate surface area is 191 Å². The van der Waals surface area contributed by atoms with Crippen molar-refractivity contribution in [2.45, 2.75) is 51.0 Å². The molecule has 3 aliphatic rings. The lowest BCUT2D eigenvalue weighted by Gasteiger charge is -2.37. The number of Topliss-reactive ketones (excluding diaryl/α,β-unsaturated/α-hetero) is 2. The topological polar surface area (TPSA) is 55.4 Å². The van der Waals surface area contributed by atoms with Crippen LogP contribution >= 0.6 is 11.6 Å². The average Bonchev–Trinajstić information content (AvgIpc) is 2.78. The molecule has 164 valence electrons. The van der Waals surface area contributed by atoms with Gasteiger partial charge in [-0.05, 0) is 61.6 Å². The van der Waals surface area contributed by atoms with E-state index in [0.717, 1.165) is 48.2 Å². The molecule has 0 saturated carbocycles. The molecule has 0 fully saturated rings. The number of hydrogen-bond acceptors (Lipinski definition) is 4. The van der Waals surface area contributed by atoms with Gasteiger partial charge in [0.25, 0.3) is 0 Å². The quantitative estimate of drug-likeness (QED) is 0.642. The average molecular weight is 452 g/mol. The summed E-state index contributed by atoms with van der Waals surface area (Å²) in [6.07, 6.45) is 4.12. The van der Waals surface area contributed by atoms with Crippen molar-refractivity contribution in [1.82, 2.24) is 5.32 Å². The van der Waals surface area contributed by atoms with Crippen LogP contribution in [-0.4, -0.2) is 11.6 Å². The number of carbonyl (C=O) groups excluding carboxylic acids is 2. The molecule has 4 nitrogen and oxygen atoms in total. The van der Waals surface area contributed by atoms with E-state index >= 15 is 0 Å². The Kier molecular flexibility index (Phi) is 5.60. The summed E-state index contributed by atoms with van der Waals surface area (Å²) in [5, 5.41) is 3.94. The fourth-order valence-electron chi connectivity index (χ4n) is 4.91. The summed E-state index contributed by atoms with van der Waals surface area (Å²) >= 11 is 6.38. The largest absolute Gasteiger partial charge is 0.489 e. The zero-order valence-corrected chi connectivity index (χ0v) is 18.3. The molecule has 0 radical (unpaired) electrons. The number of ether oxygens (including phenoxy) is 1. The first kappa shape index (κ1) is 21.0. The lowest BCUT2D eigenvalue weighted by atomic mass is 9.71. The summed E-state index contributed by atoms with van der Waals surface area (Å²) in [4.78, 5) is 26.1. The van der Waals surface area contributed by atoms with Crippen LogP contribution in [0.5, 0.6) is 5.75 Å². The molecular formula is C26H23ClFNO3. The number of allylic oxidation sites excluding steroid dienone is 4. The zero-order chi connectivity index (χ0) is 22.2. The van der Waals surface area contributed by atoms with Crippen molar-refractivity contribution in [3.05, 3.63) is 87.0 Å². The minimum absolute atomic E-state index is 0.0677. The monoisotopic (exact) mass is 451 g/mol. The van der Waals surface area contributed by atoms with Crippen molar-refractivity contribution in [3.63, 3.8) is 0 Å². The highest BCUT2D eigenvalue weighted by molar-refractivity contribution is 6.30. The van der Waals surface area contributed by atoms with Crippen LogP contribution in [0.15, 0.2) is 65.0 Å². The summed E-state index contributed by atoms with van der Waals surface area (Å²) in [6, 6.07) is 11.5. The van der Waals surface area contributed by atoms with E-state index in [9.17, 15) is 14.0 Å². The number of benzene rings is 2. The van der Waals surface area contributed by atoms with Crippen molar-refractivity contribution in [2.75, 3.05) is 0 Å². The van der Waals surface area contributed by atoms with Crippen LogP contribution in [0, 0.1) is 5.82 Å². The number of nitrogens with one attached hydrogen (secondary N) is 1. The highest BCUT2D eigenvalue weighted by atomic mass is 35.5. The Bertz CT molecular complexity index is 1120. The van der Waals surface area contributed by atoms with Crippen molar-refractivity contribution in [3.8, 4) is 5.75 Å². The molecule has 0 saturated heterocycles. The molecule has 1 aliphatic heterocycles. The van der Waals surface area contributed by atoms with Crippen LogP contribution in [0.3, 0.4) is 0 Å². The van der Waals surface area contributed by atoms with Crippen molar-refractivity contribution < 1.29 is 18.7 Å². The predicted octanol–water partition coefficient (Wildman–Crippen LogP) is 5.76. The van der Waals surface area contributed by atoms with E-state index in [1.165, 1.54) is 12.1 Å². The van der Waals surface area contributed by atoms with E-state index in [1.807, 2.05) is 0 Å². The van der Waals surface area contributed by atoms with Gasteiger partial charge in [0.1, 0.15) is 18.2 Å². The first-order valence-electron chi connectivity index (χ1n) is 11.0. The maximum Gasteiger partial charge on any atom is 0.161 e. The van der Waals surface area contributed by atoms with Gasteiger partial charge < -0.3 is 10.1 Å². The van der Waals surface area contributed by atoms with Gasteiger partial charge in [-0.3, -0.25) is 9.59 Å². The highest BCUT2D eigenvalue weighted by Crippen LogP contribution is 2.48. The van der Waals surface area contributed by atoms with Gasteiger partial charge in [-0.1, -0.05) is 23.7 Å². The van der Waals surface area contributed by atoms with E-state index in [1.54, 1.807) is 30.3 Å². The van der Waals surface area contributed by atoms with E-state index < -0.39 is 5.92 Å². The van der Waals surface area contributed by atoms with Gasteiger partial charge in [0.15, 0.2) is 11.6 Å². The normalized spacial score (nSPS) is 18.9. The van der Waals surface area contributed by atoms with E-state index in [4.69, 9.17) is 16.3 Å². The molecule has 0 amide bonds. The fraction of sp³-hybridized carbons (Fsp3) is 0.308. The molecule has 0 spiro atoms. The molecule has 2 aromatic carbocycles. The first-order chi connectivity index (χ1) is 15.5. The molecule has 0 unspecified atom stereocenters. The molecule has 0 aromatic heterocycles. The maximum absolute atomic E-state index is 13.3. The number of carbonyl (C=O) groups is 2. The number of rotatable bonds is 4. The lowest BCUT2D eigenvalue weighted by Crippen LogP contribution is -2.36. The summed E-state index contributed by atoms with van der Waals surface area (Å²) in [6.45, 7) is 0.236. The van der Waals surface area contributed by atoms with Gasteiger partial charge in [-0.15, -0.1) is 0 Å². The van der Waals surface area contributed by atoms with Gasteiger partial charge in [0.05, 0.1) is 0 Å². The van der Waals surface area contributed by atoms with Gasteiger partial charge >= 0.3 is 0 Å². The molecule has 32 heavy (non-hydrogen) atoms. The van der Waals surface area contributed by atoms with Crippen LogP contribution < -0.4 is 10.1 Å². The summed E-state index contributed by atoms with van der Waals surface area (Å²) in [5.74, 6) is -0.0812. The second-order valence-corrected chi connectivity index (χ2v) is 8.93. The third kappa shape index (κ3) is 3.86. The SMILES string of the molecule is O=C1CCCC2=C1C(c1cc(Cl)ccc1OCc1ccc(F)cc1)C1=C(CCCC1=O)N2.